The largest absolute Gasteiger partial charge is 0.379 e. The topological polar surface area (TPSA) is 28.1 Å². The number of hydrogen-bond donors (Lipinski definition) is 0. The van der Waals surface area contributed by atoms with Gasteiger partial charge in [-0.15, -0.1) is 0 Å². The van der Waals surface area contributed by atoms with Crippen molar-refractivity contribution in [1.29, 1.82) is 0 Å². The molecule has 0 unspecified atom stereocenters. The number of allylic oxidation sites excluding steroid dienone is 1. The first-order valence-corrected chi connectivity index (χ1v) is 10.6. The van der Waals surface area contributed by atoms with Gasteiger partial charge in [0.15, 0.2) is 0 Å². The number of rotatable bonds is 2. The van der Waals surface area contributed by atoms with E-state index in [0.717, 1.165) is 52.4 Å². The van der Waals surface area contributed by atoms with Crippen LogP contribution in [-0.4, -0.2) is 74.0 Å². The maximum Gasteiger partial charge on any atom is 0.0678 e. The summed E-state index contributed by atoms with van der Waals surface area (Å²) in [6.07, 6.45) is 5.79. The van der Waals surface area contributed by atoms with Crippen LogP contribution >= 0.6 is 0 Å². The highest BCUT2D eigenvalue weighted by Gasteiger charge is 2.32. The molecule has 0 amide bonds. The van der Waals surface area contributed by atoms with Crippen molar-refractivity contribution in [3.05, 3.63) is 34.4 Å². The van der Waals surface area contributed by atoms with E-state index in [-0.39, 0.29) is 5.54 Å². The summed E-state index contributed by atoms with van der Waals surface area (Å²) in [7, 11) is 1.94. The molecule has 3 rings (SSSR count). The number of morpholine rings is 1. The summed E-state index contributed by atoms with van der Waals surface area (Å²) in [5.74, 6) is 0. The van der Waals surface area contributed by atoms with Crippen LogP contribution in [-0.2, 0) is 4.74 Å². The van der Waals surface area contributed by atoms with Crippen LogP contribution < -0.4 is 0 Å². The van der Waals surface area contributed by atoms with E-state index in [4.69, 9.17) is 9.73 Å². The Morgan fingerprint density at radius 3 is 2.37 bits per heavy atom. The summed E-state index contributed by atoms with van der Waals surface area (Å²) in [6, 6.07) is 0. The van der Waals surface area contributed by atoms with Crippen LogP contribution in [0.15, 0.2) is 39.4 Å². The van der Waals surface area contributed by atoms with E-state index in [1.54, 1.807) is 0 Å². The summed E-state index contributed by atoms with van der Waals surface area (Å²) in [5.41, 5.74) is 7.10. The van der Waals surface area contributed by atoms with Crippen LogP contribution in [0.1, 0.15) is 48.0 Å². The van der Waals surface area contributed by atoms with Crippen LogP contribution in [0.2, 0.25) is 0 Å². The first-order chi connectivity index (χ1) is 12.9. The minimum atomic E-state index is 0.209. The fourth-order valence-electron chi connectivity index (χ4n) is 4.07. The summed E-state index contributed by atoms with van der Waals surface area (Å²) in [6.45, 7) is 20.0. The normalized spacial score (nSPS) is 25.2. The molecule has 0 N–H and O–H groups in total. The molecule has 152 valence electrons. The van der Waals surface area contributed by atoms with Crippen molar-refractivity contribution in [3.8, 4) is 0 Å². The molecule has 1 aliphatic carbocycles. The zero-order chi connectivity index (χ0) is 20.0. The van der Waals surface area contributed by atoms with Crippen LogP contribution in [0.5, 0.6) is 0 Å². The summed E-state index contributed by atoms with van der Waals surface area (Å²) >= 11 is 0. The second kappa shape index (κ2) is 9.81. The predicted octanol–water partition coefficient (Wildman–Crippen LogP) is 4.10. The highest BCUT2D eigenvalue weighted by Crippen LogP contribution is 2.34. The Labute approximate surface area is 166 Å². The summed E-state index contributed by atoms with van der Waals surface area (Å²) in [4.78, 5) is 9.79. The molecule has 0 aromatic carbocycles. The Bertz CT molecular complexity index is 628. The van der Waals surface area contributed by atoms with Gasteiger partial charge in [-0.05, 0) is 50.8 Å². The molecule has 2 heterocycles. The number of nitrogens with zero attached hydrogens (tertiary/aromatic N) is 3. The zero-order valence-corrected chi connectivity index (χ0v) is 18.6. The van der Waals surface area contributed by atoms with Gasteiger partial charge < -0.3 is 4.74 Å². The molecule has 0 aromatic rings. The van der Waals surface area contributed by atoms with Crippen molar-refractivity contribution in [2.24, 2.45) is 4.99 Å². The fraction of sp³-hybridized carbons (Fsp3) is 0.696. The Morgan fingerprint density at radius 2 is 1.81 bits per heavy atom. The Hall–Kier alpha value is -1.23. The lowest BCUT2D eigenvalue weighted by molar-refractivity contribution is 0.0425. The van der Waals surface area contributed by atoms with Crippen LogP contribution in [0, 0.1) is 0 Å². The van der Waals surface area contributed by atoms with E-state index in [2.05, 4.69) is 49.6 Å². The smallest absolute Gasteiger partial charge is 0.0678 e. The lowest BCUT2D eigenvalue weighted by Gasteiger charge is -2.41. The van der Waals surface area contributed by atoms with Gasteiger partial charge in [-0.1, -0.05) is 26.0 Å². The number of aliphatic imine (C=N–C) groups is 1. The van der Waals surface area contributed by atoms with Crippen molar-refractivity contribution in [1.82, 2.24) is 9.80 Å². The van der Waals surface area contributed by atoms with Crippen molar-refractivity contribution in [2.45, 2.75) is 53.5 Å². The molecule has 0 bridgehead atoms. The third kappa shape index (κ3) is 5.18. The zero-order valence-electron chi connectivity index (χ0n) is 18.6. The molecule has 4 nitrogen and oxygen atoms in total. The minimum absolute atomic E-state index is 0.209. The van der Waals surface area contributed by atoms with E-state index in [1.807, 2.05) is 20.9 Å². The first-order valence-electron chi connectivity index (χ1n) is 10.6. The average molecular weight is 374 g/mol. The molecule has 1 fully saturated rings. The summed E-state index contributed by atoms with van der Waals surface area (Å²) < 4.78 is 5.51. The molecular formula is C23H39N3O. The van der Waals surface area contributed by atoms with Gasteiger partial charge in [0, 0.05) is 50.9 Å². The van der Waals surface area contributed by atoms with E-state index in [0.29, 0.717) is 0 Å². The maximum absolute atomic E-state index is 5.51. The lowest BCUT2D eigenvalue weighted by atomic mass is 9.81. The van der Waals surface area contributed by atoms with Gasteiger partial charge in [0.25, 0.3) is 0 Å². The fourth-order valence-corrected chi connectivity index (χ4v) is 4.07. The molecule has 4 heteroatoms. The van der Waals surface area contributed by atoms with Crippen LogP contribution in [0.4, 0.5) is 0 Å². The Balaban J connectivity index is 0.00000126. The van der Waals surface area contributed by atoms with Crippen LogP contribution in [0.25, 0.3) is 0 Å². The molecule has 3 aliphatic rings. The van der Waals surface area contributed by atoms with Crippen molar-refractivity contribution >= 4 is 5.71 Å². The summed E-state index contributed by atoms with van der Waals surface area (Å²) in [5, 5.41) is 0. The van der Waals surface area contributed by atoms with Gasteiger partial charge in [-0.25, -0.2) is 0 Å². The van der Waals surface area contributed by atoms with E-state index < -0.39 is 0 Å². The second-order valence-corrected chi connectivity index (χ2v) is 8.18. The molecule has 27 heavy (non-hydrogen) atoms. The molecule has 0 spiro atoms. The Morgan fingerprint density at radius 1 is 1.15 bits per heavy atom. The molecule has 1 saturated heterocycles. The Kier molecular flexibility index (Phi) is 8.02. The highest BCUT2D eigenvalue weighted by atomic mass is 16.5. The standard InChI is InChI=1S/C21H33N3O.C2H6/c1-6-18-16(14-23-9-11-25-12-10-23)13-17-15-24(21(2,3)4)8-7-19(17)20(18)22-5;1-2/h6,13H,7-12,14-15H2,1-5H3;1-2H3/b18-6-,22-20?;. The number of hydrogen-bond acceptors (Lipinski definition) is 4. The second-order valence-electron chi connectivity index (χ2n) is 8.18. The van der Waals surface area contributed by atoms with E-state index >= 15 is 0 Å². The average Bonchev–Trinajstić information content (AvgIpc) is 2.68. The van der Waals surface area contributed by atoms with Gasteiger partial charge in [0.1, 0.15) is 0 Å². The third-order valence-corrected chi connectivity index (χ3v) is 5.57. The van der Waals surface area contributed by atoms with Gasteiger partial charge in [0.2, 0.25) is 0 Å². The molecular weight excluding hydrogens is 334 g/mol. The van der Waals surface area contributed by atoms with Gasteiger partial charge in [0.05, 0.1) is 18.9 Å². The van der Waals surface area contributed by atoms with E-state index in [9.17, 15) is 0 Å². The molecule has 0 radical (unpaired) electrons. The van der Waals surface area contributed by atoms with Gasteiger partial charge >= 0.3 is 0 Å². The van der Waals surface area contributed by atoms with Crippen molar-refractivity contribution in [3.63, 3.8) is 0 Å². The maximum atomic E-state index is 5.51. The monoisotopic (exact) mass is 373 g/mol. The number of ether oxygens (including phenoxy) is 1. The highest BCUT2D eigenvalue weighted by molar-refractivity contribution is 6.17. The molecule has 0 atom stereocenters. The third-order valence-electron chi connectivity index (χ3n) is 5.57. The van der Waals surface area contributed by atoms with Crippen molar-refractivity contribution < 1.29 is 4.74 Å². The molecule has 0 aromatic heterocycles. The van der Waals surface area contributed by atoms with Crippen molar-refractivity contribution in [2.75, 3.05) is 53.0 Å². The lowest BCUT2D eigenvalue weighted by Crippen LogP contribution is -2.46. The minimum Gasteiger partial charge on any atom is -0.379 e. The molecule has 2 aliphatic heterocycles. The first kappa shape index (κ1) is 22.1. The molecule has 0 saturated carbocycles. The quantitative estimate of drug-likeness (QED) is 0.729. The predicted molar refractivity (Wildman–Crippen MR) is 117 cm³/mol. The SMILES string of the molecule is C/C=C1/C(CN2CCOCC2)=CC2=C(CCN(C(C)(C)C)C2)C1=NC.CC. The van der Waals surface area contributed by atoms with Crippen LogP contribution in [0.3, 0.4) is 0 Å². The van der Waals surface area contributed by atoms with Gasteiger partial charge in [-0.2, -0.15) is 0 Å². The van der Waals surface area contributed by atoms with Gasteiger partial charge in [-0.3, -0.25) is 14.8 Å². The van der Waals surface area contributed by atoms with E-state index in [1.165, 1.54) is 28.0 Å².